The number of hydrogen-bond acceptors (Lipinski definition) is 5. The van der Waals surface area contributed by atoms with Crippen molar-refractivity contribution < 1.29 is 14.3 Å². The van der Waals surface area contributed by atoms with Gasteiger partial charge in [0.1, 0.15) is 6.54 Å². The number of rotatable bonds is 8. The summed E-state index contributed by atoms with van der Waals surface area (Å²) in [6, 6.07) is 17.8. The molecular weight excluding hydrogens is 412 g/mol. The molecule has 1 aliphatic rings. The van der Waals surface area contributed by atoms with Crippen LogP contribution in [0.15, 0.2) is 59.8 Å². The molecule has 1 aromatic heterocycles. The largest absolute Gasteiger partial charge is 0.378 e. The number of amides is 2. The zero-order chi connectivity index (χ0) is 21.5. The second-order valence-corrected chi connectivity index (χ2v) is 8.28. The van der Waals surface area contributed by atoms with Crippen LogP contribution in [0.4, 0.5) is 0 Å². The summed E-state index contributed by atoms with van der Waals surface area (Å²) in [4.78, 5) is 31.6. The van der Waals surface area contributed by atoms with Gasteiger partial charge in [0, 0.05) is 19.6 Å². The highest BCUT2D eigenvalue weighted by Crippen LogP contribution is 2.24. The number of ether oxygens (including phenoxy) is 1. The van der Waals surface area contributed by atoms with Crippen LogP contribution in [0.25, 0.3) is 11.0 Å². The Morgan fingerprint density at radius 3 is 2.58 bits per heavy atom. The monoisotopic (exact) mass is 438 g/mol. The van der Waals surface area contributed by atoms with Gasteiger partial charge in [0.25, 0.3) is 0 Å². The van der Waals surface area contributed by atoms with E-state index < -0.39 is 0 Å². The van der Waals surface area contributed by atoms with Crippen LogP contribution in [0, 0.1) is 0 Å². The van der Waals surface area contributed by atoms with Crippen LogP contribution >= 0.6 is 11.8 Å². The summed E-state index contributed by atoms with van der Waals surface area (Å²) >= 11 is 1.36. The third-order valence-electron chi connectivity index (χ3n) is 5.19. The van der Waals surface area contributed by atoms with Crippen LogP contribution in [-0.2, 0) is 27.3 Å². The van der Waals surface area contributed by atoms with Crippen LogP contribution in [0.1, 0.15) is 5.56 Å². The third kappa shape index (κ3) is 5.65. The summed E-state index contributed by atoms with van der Waals surface area (Å²) in [5.41, 5.74) is 2.92. The van der Waals surface area contributed by atoms with Gasteiger partial charge in [-0.1, -0.05) is 54.2 Å². The fourth-order valence-electron chi connectivity index (χ4n) is 3.54. The zero-order valence-corrected chi connectivity index (χ0v) is 18.1. The summed E-state index contributed by atoms with van der Waals surface area (Å²) in [6.07, 6.45) is 0.795. The molecule has 1 fully saturated rings. The first-order valence-corrected chi connectivity index (χ1v) is 11.4. The number of thioether (sulfide) groups is 1. The number of para-hydroxylation sites is 2. The van der Waals surface area contributed by atoms with Gasteiger partial charge >= 0.3 is 0 Å². The Bertz CT molecular complexity index is 1030. The van der Waals surface area contributed by atoms with Crippen LogP contribution < -0.4 is 5.32 Å². The summed E-state index contributed by atoms with van der Waals surface area (Å²) < 4.78 is 7.25. The van der Waals surface area contributed by atoms with Crippen LogP contribution in [0.2, 0.25) is 0 Å². The highest BCUT2D eigenvalue weighted by Gasteiger charge is 2.20. The normalized spacial score (nSPS) is 14.0. The van der Waals surface area contributed by atoms with Crippen molar-refractivity contribution in [2.24, 2.45) is 0 Å². The van der Waals surface area contributed by atoms with Gasteiger partial charge in [-0.15, -0.1) is 0 Å². The first-order chi connectivity index (χ1) is 15.2. The van der Waals surface area contributed by atoms with Crippen molar-refractivity contribution in [1.29, 1.82) is 0 Å². The molecule has 7 nitrogen and oxygen atoms in total. The summed E-state index contributed by atoms with van der Waals surface area (Å²) in [6.45, 7) is 3.16. The van der Waals surface area contributed by atoms with Crippen LogP contribution in [-0.4, -0.2) is 64.9 Å². The molecule has 0 bridgehead atoms. The lowest BCUT2D eigenvalue weighted by Gasteiger charge is -2.27. The van der Waals surface area contributed by atoms with Crippen LogP contribution in [0.5, 0.6) is 0 Å². The Hall–Kier alpha value is -2.84. The lowest BCUT2D eigenvalue weighted by Crippen LogP contribution is -2.42. The number of hydrogen-bond donors (Lipinski definition) is 1. The number of nitrogens with one attached hydrogen (secondary N) is 1. The van der Waals surface area contributed by atoms with Gasteiger partial charge in [0.15, 0.2) is 5.16 Å². The molecule has 3 aromatic rings. The van der Waals surface area contributed by atoms with E-state index >= 15 is 0 Å². The van der Waals surface area contributed by atoms with Crippen molar-refractivity contribution in [1.82, 2.24) is 19.8 Å². The quantitative estimate of drug-likeness (QED) is 0.547. The molecule has 1 N–H and O–H groups in total. The van der Waals surface area contributed by atoms with E-state index in [0.717, 1.165) is 17.5 Å². The Morgan fingerprint density at radius 2 is 1.77 bits per heavy atom. The summed E-state index contributed by atoms with van der Waals surface area (Å²) in [5.74, 6) is 0.254. The smallest absolute Gasteiger partial charge is 0.242 e. The molecule has 2 heterocycles. The van der Waals surface area contributed by atoms with Crippen molar-refractivity contribution in [3.05, 3.63) is 60.2 Å². The standard InChI is InChI=1S/C23H26N4O3S/c28-21(24-11-10-18-6-2-1-3-7-18)17-31-23-25-19-8-4-5-9-20(19)27(23)16-22(29)26-12-14-30-15-13-26/h1-9H,10-17H2,(H,24,28). The van der Waals surface area contributed by atoms with E-state index in [2.05, 4.69) is 22.4 Å². The number of morpholine rings is 1. The topological polar surface area (TPSA) is 76.5 Å². The van der Waals surface area contributed by atoms with Crippen molar-refractivity contribution in [3.8, 4) is 0 Å². The predicted molar refractivity (Wildman–Crippen MR) is 121 cm³/mol. The molecule has 31 heavy (non-hydrogen) atoms. The molecule has 8 heteroatoms. The Labute approximate surface area is 185 Å². The first-order valence-electron chi connectivity index (χ1n) is 10.4. The maximum atomic E-state index is 12.8. The molecule has 0 spiro atoms. The average molecular weight is 439 g/mol. The summed E-state index contributed by atoms with van der Waals surface area (Å²) in [7, 11) is 0. The van der Waals surface area contributed by atoms with Crippen molar-refractivity contribution in [3.63, 3.8) is 0 Å². The highest BCUT2D eigenvalue weighted by molar-refractivity contribution is 7.99. The molecule has 0 aliphatic carbocycles. The fourth-order valence-corrected chi connectivity index (χ4v) is 4.38. The number of benzene rings is 2. The van der Waals surface area contributed by atoms with E-state index in [9.17, 15) is 9.59 Å². The lowest BCUT2D eigenvalue weighted by molar-refractivity contribution is -0.135. The Balaban J connectivity index is 1.38. The minimum absolute atomic E-state index is 0.0422. The average Bonchev–Trinajstić information content (AvgIpc) is 3.16. The number of carbonyl (C=O) groups is 2. The van der Waals surface area contributed by atoms with Gasteiger partial charge in [-0.05, 0) is 24.1 Å². The molecule has 1 saturated heterocycles. The zero-order valence-electron chi connectivity index (χ0n) is 17.3. The Kier molecular flexibility index (Phi) is 7.22. The summed E-state index contributed by atoms with van der Waals surface area (Å²) in [5, 5.41) is 3.64. The molecule has 2 aromatic carbocycles. The fraction of sp³-hybridized carbons (Fsp3) is 0.348. The molecule has 162 valence electrons. The van der Waals surface area contributed by atoms with Gasteiger partial charge in [0.05, 0.1) is 30.0 Å². The van der Waals surface area contributed by atoms with Crippen LogP contribution in [0.3, 0.4) is 0 Å². The van der Waals surface area contributed by atoms with E-state index in [-0.39, 0.29) is 24.1 Å². The lowest BCUT2D eigenvalue weighted by atomic mass is 10.1. The SMILES string of the molecule is O=C(CSc1nc2ccccc2n1CC(=O)N1CCOCC1)NCCc1ccccc1. The van der Waals surface area contributed by atoms with Crippen molar-refractivity contribution >= 4 is 34.6 Å². The van der Waals surface area contributed by atoms with E-state index in [4.69, 9.17) is 4.74 Å². The first kappa shape index (κ1) is 21.4. The van der Waals surface area contributed by atoms with E-state index in [1.807, 2.05) is 51.9 Å². The van der Waals surface area contributed by atoms with Gasteiger partial charge in [-0.25, -0.2) is 4.98 Å². The molecule has 4 rings (SSSR count). The number of nitrogens with zero attached hydrogens (tertiary/aromatic N) is 3. The maximum absolute atomic E-state index is 12.8. The van der Waals surface area contributed by atoms with E-state index in [1.54, 1.807) is 0 Å². The second kappa shape index (κ2) is 10.5. The molecule has 2 amide bonds. The molecule has 0 saturated carbocycles. The van der Waals surface area contributed by atoms with Gasteiger partial charge < -0.3 is 19.5 Å². The minimum Gasteiger partial charge on any atom is -0.378 e. The molecule has 0 radical (unpaired) electrons. The third-order valence-corrected chi connectivity index (χ3v) is 6.16. The molecule has 1 aliphatic heterocycles. The number of aromatic nitrogens is 2. The number of fused-ring (bicyclic) bond motifs is 1. The predicted octanol–water partition coefficient (Wildman–Crippen LogP) is 2.35. The van der Waals surface area contributed by atoms with Gasteiger partial charge in [0.2, 0.25) is 11.8 Å². The molecule has 0 unspecified atom stereocenters. The van der Waals surface area contributed by atoms with E-state index in [0.29, 0.717) is 38.0 Å². The maximum Gasteiger partial charge on any atom is 0.242 e. The number of imidazole rings is 1. The van der Waals surface area contributed by atoms with Gasteiger partial charge in [-0.3, -0.25) is 9.59 Å². The number of carbonyl (C=O) groups excluding carboxylic acids is 2. The minimum atomic E-state index is -0.0426. The highest BCUT2D eigenvalue weighted by atomic mass is 32.2. The van der Waals surface area contributed by atoms with Gasteiger partial charge in [-0.2, -0.15) is 0 Å². The second-order valence-electron chi connectivity index (χ2n) is 7.34. The van der Waals surface area contributed by atoms with E-state index in [1.165, 1.54) is 17.3 Å². The van der Waals surface area contributed by atoms with Crippen molar-refractivity contribution in [2.45, 2.75) is 18.1 Å². The molecule has 0 atom stereocenters. The Morgan fingerprint density at radius 1 is 1.03 bits per heavy atom. The molecular formula is C23H26N4O3S. The van der Waals surface area contributed by atoms with Crippen molar-refractivity contribution in [2.75, 3.05) is 38.6 Å².